The molecule has 0 saturated carbocycles. The lowest BCUT2D eigenvalue weighted by molar-refractivity contribution is 0.372. The number of ether oxygens (including phenoxy) is 1. The zero-order valence-corrected chi connectivity index (χ0v) is 11.2. The molecule has 2 rings (SSSR count). The van der Waals surface area contributed by atoms with Crippen LogP contribution in [0.3, 0.4) is 0 Å². The summed E-state index contributed by atoms with van der Waals surface area (Å²) in [6.07, 6.45) is 3.75. The van der Waals surface area contributed by atoms with Crippen molar-refractivity contribution in [2.75, 3.05) is 20.2 Å². The van der Waals surface area contributed by atoms with Gasteiger partial charge in [0, 0.05) is 4.47 Å². The summed E-state index contributed by atoms with van der Waals surface area (Å²) < 4.78 is 6.37. The Hall–Kier alpha value is -0.540. The molecule has 2 nitrogen and oxygen atoms in total. The molecule has 0 aliphatic carbocycles. The third-order valence-electron chi connectivity index (χ3n) is 3.23. The van der Waals surface area contributed by atoms with Crippen molar-refractivity contribution < 1.29 is 4.74 Å². The van der Waals surface area contributed by atoms with Gasteiger partial charge in [-0.1, -0.05) is 22.0 Å². The lowest BCUT2D eigenvalue weighted by Gasteiger charge is -2.23. The van der Waals surface area contributed by atoms with Crippen LogP contribution in [0.2, 0.25) is 0 Å². The molecule has 1 aromatic rings. The molecule has 1 N–H and O–H groups in total. The number of halogens is 1. The second kappa shape index (κ2) is 5.69. The molecule has 1 fully saturated rings. The van der Waals surface area contributed by atoms with Crippen molar-refractivity contribution in [2.24, 2.45) is 5.92 Å². The van der Waals surface area contributed by atoms with Crippen molar-refractivity contribution in [3.63, 3.8) is 0 Å². The van der Waals surface area contributed by atoms with Gasteiger partial charge >= 0.3 is 0 Å². The summed E-state index contributed by atoms with van der Waals surface area (Å²) in [5.41, 5.74) is 1.40. The van der Waals surface area contributed by atoms with E-state index in [-0.39, 0.29) is 0 Å². The van der Waals surface area contributed by atoms with Crippen LogP contribution in [-0.2, 0) is 6.42 Å². The fourth-order valence-corrected chi connectivity index (χ4v) is 2.74. The Bertz CT molecular complexity index is 348. The van der Waals surface area contributed by atoms with E-state index in [0.717, 1.165) is 11.7 Å². The van der Waals surface area contributed by atoms with Gasteiger partial charge in [0.15, 0.2) is 0 Å². The fraction of sp³-hybridized carbons (Fsp3) is 0.538. The van der Waals surface area contributed by atoms with Gasteiger partial charge in [0.25, 0.3) is 0 Å². The highest BCUT2D eigenvalue weighted by Gasteiger charge is 2.14. The Morgan fingerprint density at radius 2 is 2.12 bits per heavy atom. The summed E-state index contributed by atoms with van der Waals surface area (Å²) >= 11 is 3.62. The maximum absolute atomic E-state index is 5.20. The minimum atomic E-state index is 0.825. The van der Waals surface area contributed by atoms with Gasteiger partial charge in [0.05, 0.1) is 7.11 Å². The number of hydrogen-bond acceptors (Lipinski definition) is 2. The molecular formula is C13H18BrNO. The summed E-state index contributed by atoms with van der Waals surface area (Å²) in [7, 11) is 1.70. The molecule has 0 spiro atoms. The van der Waals surface area contributed by atoms with Crippen molar-refractivity contribution in [2.45, 2.75) is 19.3 Å². The molecular weight excluding hydrogens is 266 g/mol. The van der Waals surface area contributed by atoms with Gasteiger partial charge < -0.3 is 10.1 Å². The summed E-state index contributed by atoms with van der Waals surface area (Å²) in [6, 6.07) is 6.27. The molecule has 0 bridgehead atoms. The monoisotopic (exact) mass is 283 g/mol. The lowest BCUT2D eigenvalue weighted by Crippen LogP contribution is -2.28. The normalized spacial score (nSPS) is 17.4. The van der Waals surface area contributed by atoms with Gasteiger partial charge in [0.1, 0.15) is 5.75 Å². The SMILES string of the molecule is COc1ccc(CC2CCNCC2)c(Br)c1. The topological polar surface area (TPSA) is 21.3 Å². The van der Waals surface area contributed by atoms with E-state index in [2.05, 4.69) is 33.4 Å². The van der Waals surface area contributed by atoms with Crippen molar-refractivity contribution in [3.05, 3.63) is 28.2 Å². The Morgan fingerprint density at radius 3 is 2.75 bits per heavy atom. The van der Waals surface area contributed by atoms with Crippen LogP contribution >= 0.6 is 15.9 Å². The van der Waals surface area contributed by atoms with Crippen LogP contribution in [0.5, 0.6) is 5.75 Å². The van der Waals surface area contributed by atoms with Gasteiger partial charge in [0.2, 0.25) is 0 Å². The van der Waals surface area contributed by atoms with E-state index in [0.29, 0.717) is 0 Å². The summed E-state index contributed by atoms with van der Waals surface area (Å²) in [5, 5.41) is 3.40. The molecule has 0 unspecified atom stereocenters. The van der Waals surface area contributed by atoms with Gasteiger partial charge in [-0.2, -0.15) is 0 Å². The third kappa shape index (κ3) is 2.98. The first kappa shape index (κ1) is 11.9. The van der Waals surface area contributed by atoms with E-state index in [4.69, 9.17) is 4.74 Å². The number of hydrogen-bond donors (Lipinski definition) is 1. The number of rotatable bonds is 3. The van der Waals surface area contributed by atoms with E-state index >= 15 is 0 Å². The van der Waals surface area contributed by atoms with E-state index in [1.54, 1.807) is 7.11 Å². The molecule has 0 aromatic heterocycles. The predicted octanol–water partition coefficient (Wildman–Crippen LogP) is 3.00. The minimum absolute atomic E-state index is 0.825. The van der Waals surface area contributed by atoms with Gasteiger partial charge in [-0.25, -0.2) is 0 Å². The Labute approximate surface area is 106 Å². The smallest absolute Gasteiger partial charge is 0.120 e. The van der Waals surface area contributed by atoms with Crippen LogP contribution in [0.25, 0.3) is 0 Å². The highest BCUT2D eigenvalue weighted by Crippen LogP contribution is 2.27. The molecule has 0 radical (unpaired) electrons. The molecule has 1 heterocycles. The predicted molar refractivity (Wildman–Crippen MR) is 70.0 cm³/mol. The standard InChI is InChI=1S/C13H18BrNO/c1-16-12-3-2-11(13(14)9-12)8-10-4-6-15-7-5-10/h2-3,9-10,15H,4-8H2,1H3. The maximum atomic E-state index is 5.20. The third-order valence-corrected chi connectivity index (χ3v) is 3.97. The summed E-state index contributed by atoms with van der Waals surface area (Å²) in [5.74, 6) is 1.74. The molecule has 1 aliphatic rings. The number of piperidine rings is 1. The van der Waals surface area contributed by atoms with Crippen molar-refractivity contribution >= 4 is 15.9 Å². The molecule has 0 amide bonds. The number of benzene rings is 1. The van der Waals surface area contributed by atoms with Gasteiger partial charge in [-0.05, 0) is 56.0 Å². The fourth-order valence-electron chi connectivity index (χ4n) is 2.22. The van der Waals surface area contributed by atoms with Crippen LogP contribution in [-0.4, -0.2) is 20.2 Å². The van der Waals surface area contributed by atoms with Crippen LogP contribution in [0.15, 0.2) is 22.7 Å². The molecule has 3 heteroatoms. The molecule has 88 valence electrons. The Morgan fingerprint density at radius 1 is 1.38 bits per heavy atom. The highest BCUT2D eigenvalue weighted by molar-refractivity contribution is 9.10. The average Bonchev–Trinajstić information content (AvgIpc) is 2.33. The van der Waals surface area contributed by atoms with Crippen LogP contribution in [0, 0.1) is 5.92 Å². The maximum Gasteiger partial charge on any atom is 0.120 e. The first-order chi connectivity index (χ1) is 7.79. The van der Waals surface area contributed by atoms with Crippen molar-refractivity contribution in [1.29, 1.82) is 0 Å². The summed E-state index contributed by atoms with van der Waals surface area (Å²) in [6.45, 7) is 2.33. The van der Waals surface area contributed by atoms with Crippen molar-refractivity contribution in [1.82, 2.24) is 5.32 Å². The molecule has 0 atom stereocenters. The second-order valence-corrected chi connectivity index (χ2v) is 5.21. The van der Waals surface area contributed by atoms with E-state index in [1.807, 2.05) is 6.07 Å². The second-order valence-electron chi connectivity index (χ2n) is 4.35. The largest absolute Gasteiger partial charge is 0.497 e. The number of methoxy groups -OCH3 is 1. The van der Waals surface area contributed by atoms with E-state index in [1.165, 1.54) is 42.4 Å². The summed E-state index contributed by atoms with van der Waals surface area (Å²) in [4.78, 5) is 0. The highest BCUT2D eigenvalue weighted by atomic mass is 79.9. The molecule has 16 heavy (non-hydrogen) atoms. The molecule has 1 saturated heterocycles. The first-order valence-corrected chi connectivity index (χ1v) is 6.62. The first-order valence-electron chi connectivity index (χ1n) is 5.82. The van der Waals surface area contributed by atoms with Gasteiger partial charge in [-0.3, -0.25) is 0 Å². The van der Waals surface area contributed by atoms with Crippen LogP contribution < -0.4 is 10.1 Å². The van der Waals surface area contributed by atoms with Crippen LogP contribution in [0.4, 0.5) is 0 Å². The number of nitrogens with one attached hydrogen (secondary N) is 1. The van der Waals surface area contributed by atoms with Crippen LogP contribution in [0.1, 0.15) is 18.4 Å². The van der Waals surface area contributed by atoms with Gasteiger partial charge in [-0.15, -0.1) is 0 Å². The minimum Gasteiger partial charge on any atom is -0.497 e. The lowest BCUT2D eigenvalue weighted by atomic mass is 9.91. The zero-order valence-electron chi connectivity index (χ0n) is 9.63. The van der Waals surface area contributed by atoms with E-state index < -0.39 is 0 Å². The quantitative estimate of drug-likeness (QED) is 0.921. The Kier molecular flexibility index (Phi) is 4.24. The Balaban J connectivity index is 2.03. The zero-order chi connectivity index (χ0) is 11.4. The van der Waals surface area contributed by atoms with Crippen molar-refractivity contribution in [3.8, 4) is 5.75 Å². The van der Waals surface area contributed by atoms with E-state index in [9.17, 15) is 0 Å². The molecule has 1 aromatic carbocycles. The average molecular weight is 284 g/mol. The molecule has 1 aliphatic heterocycles.